The van der Waals surface area contributed by atoms with Gasteiger partial charge in [-0.1, -0.05) is 18.2 Å². The van der Waals surface area contributed by atoms with Crippen molar-refractivity contribution in [3.05, 3.63) is 54.0 Å². The van der Waals surface area contributed by atoms with Crippen LogP contribution in [0.15, 0.2) is 42.6 Å². The molecule has 0 bridgehead atoms. The van der Waals surface area contributed by atoms with Gasteiger partial charge in [-0.2, -0.15) is 13.2 Å². The molecular formula is C17H16F3N5O. The third-order valence-electron chi connectivity index (χ3n) is 3.83. The zero-order valence-electron chi connectivity index (χ0n) is 14.0. The molecule has 1 atom stereocenters. The minimum Gasteiger partial charge on any atom is -0.465 e. The lowest BCUT2D eigenvalue weighted by molar-refractivity contribution is -0.137. The van der Waals surface area contributed by atoms with Gasteiger partial charge in [0.05, 0.1) is 11.3 Å². The number of nitrogens with two attached hydrogens (primary N) is 1. The van der Waals surface area contributed by atoms with Crippen molar-refractivity contribution < 1.29 is 17.9 Å². The number of ether oxygens (including phenoxy) is 1. The summed E-state index contributed by atoms with van der Waals surface area (Å²) in [6, 6.07) is 8.53. The molecule has 0 aliphatic heterocycles. The molecule has 0 amide bonds. The van der Waals surface area contributed by atoms with E-state index in [1.165, 1.54) is 29.0 Å². The Labute approximate surface area is 147 Å². The molecular weight excluding hydrogens is 347 g/mol. The quantitative estimate of drug-likeness (QED) is 0.766. The van der Waals surface area contributed by atoms with Gasteiger partial charge in [0.15, 0.2) is 17.8 Å². The number of rotatable bonds is 4. The van der Waals surface area contributed by atoms with Gasteiger partial charge in [0.1, 0.15) is 0 Å². The second-order valence-corrected chi connectivity index (χ2v) is 5.64. The summed E-state index contributed by atoms with van der Waals surface area (Å²) in [4.78, 5) is 4.03. The van der Waals surface area contributed by atoms with E-state index in [4.69, 9.17) is 10.5 Å². The zero-order chi connectivity index (χ0) is 18.9. The van der Waals surface area contributed by atoms with Crippen molar-refractivity contribution >= 4 is 5.69 Å². The van der Waals surface area contributed by atoms with E-state index in [1.807, 2.05) is 0 Å². The van der Waals surface area contributed by atoms with Crippen LogP contribution < -0.4 is 10.5 Å². The number of nitrogen functional groups attached to an aromatic ring is 1. The molecule has 2 aromatic heterocycles. The van der Waals surface area contributed by atoms with E-state index in [1.54, 1.807) is 26.1 Å². The lowest BCUT2D eigenvalue weighted by Gasteiger charge is -2.15. The number of hydrogen-bond acceptors (Lipinski definition) is 5. The highest BCUT2D eigenvalue weighted by atomic mass is 19.4. The molecule has 0 fully saturated rings. The molecule has 0 saturated carbocycles. The third kappa shape index (κ3) is 3.32. The Morgan fingerprint density at radius 3 is 2.54 bits per heavy atom. The van der Waals surface area contributed by atoms with Crippen molar-refractivity contribution in [3.63, 3.8) is 0 Å². The van der Waals surface area contributed by atoms with Crippen LogP contribution in [0.5, 0.6) is 5.88 Å². The molecule has 0 aliphatic rings. The predicted molar refractivity (Wildman–Crippen MR) is 89.1 cm³/mol. The lowest BCUT2D eigenvalue weighted by atomic mass is 10.1. The molecule has 1 aromatic carbocycles. The Hall–Kier alpha value is -3.10. The normalized spacial score (nSPS) is 12.8. The van der Waals surface area contributed by atoms with Crippen molar-refractivity contribution in [1.82, 2.24) is 19.7 Å². The second-order valence-electron chi connectivity index (χ2n) is 5.64. The van der Waals surface area contributed by atoms with E-state index in [0.29, 0.717) is 11.5 Å². The van der Waals surface area contributed by atoms with E-state index in [9.17, 15) is 13.2 Å². The first-order valence-electron chi connectivity index (χ1n) is 7.72. The van der Waals surface area contributed by atoms with E-state index in [-0.39, 0.29) is 17.3 Å². The topological polar surface area (TPSA) is 78.8 Å². The standard InChI is InChI=1S/C17H16F3N5O/c1-10(26-16-13(21)8-5-9-22-16)14-23-24-15(25(14)2)11-6-3-4-7-12(11)17(18,19)20/h3-10H,21H2,1-2H3. The fourth-order valence-electron chi connectivity index (χ4n) is 2.58. The number of benzene rings is 1. The average Bonchev–Trinajstić information content (AvgIpc) is 2.97. The fourth-order valence-corrected chi connectivity index (χ4v) is 2.58. The van der Waals surface area contributed by atoms with Gasteiger partial charge in [0, 0.05) is 18.8 Å². The monoisotopic (exact) mass is 363 g/mol. The molecule has 0 spiro atoms. The van der Waals surface area contributed by atoms with Gasteiger partial charge >= 0.3 is 6.18 Å². The van der Waals surface area contributed by atoms with Crippen molar-refractivity contribution in [1.29, 1.82) is 0 Å². The maximum absolute atomic E-state index is 13.3. The molecule has 136 valence electrons. The average molecular weight is 363 g/mol. The van der Waals surface area contributed by atoms with Crippen LogP contribution in [-0.2, 0) is 13.2 Å². The van der Waals surface area contributed by atoms with Gasteiger partial charge in [-0.25, -0.2) is 4.98 Å². The number of hydrogen-bond donors (Lipinski definition) is 1. The number of halogens is 3. The van der Waals surface area contributed by atoms with Gasteiger partial charge in [-0.15, -0.1) is 10.2 Å². The van der Waals surface area contributed by atoms with Crippen molar-refractivity contribution in [2.75, 3.05) is 5.73 Å². The van der Waals surface area contributed by atoms with Crippen LogP contribution in [0.4, 0.5) is 18.9 Å². The van der Waals surface area contributed by atoms with Crippen LogP contribution in [0.2, 0.25) is 0 Å². The fraction of sp³-hybridized carbons (Fsp3) is 0.235. The molecule has 0 saturated heterocycles. The van der Waals surface area contributed by atoms with Crippen molar-refractivity contribution in [2.24, 2.45) is 7.05 Å². The van der Waals surface area contributed by atoms with Gasteiger partial charge in [0.25, 0.3) is 0 Å². The first-order valence-corrected chi connectivity index (χ1v) is 7.72. The van der Waals surface area contributed by atoms with Crippen LogP contribution in [0.3, 0.4) is 0 Å². The number of anilines is 1. The third-order valence-corrected chi connectivity index (χ3v) is 3.83. The highest BCUT2D eigenvalue weighted by Gasteiger charge is 2.34. The molecule has 3 rings (SSSR count). The van der Waals surface area contributed by atoms with Crippen LogP contribution >= 0.6 is 0 Å². The first kappa shape index (κ1) is 17.7. The molecule has 0 radical (unpaired) electrons. The Bertz CT molecular complexity index is 923. The van der Waals surface area contributed by atoms with E-state index in [2.05, 4.69) is 15.2 Å². The van der Waals surface area contributed by atoms with Crippen LogP contribution in [0, 0.1) is 0 Å². The maximum atomic E-state index is 13.3. The van der Waals surface area contributed by atoms with Crippen molar-refractivity contribution in [3.8, 4) is 17.3 Å². The molecule has 9 heteroatoms. The van der Waals surface area contributed by atoms with E-state index >= 15 is 0 Å². The minimum absolute atomic E-state index is 0.0502. The Balaban J connectivity index is 1.96. The summed E-state index contributed by atoms with van der Waals surface area (Å²) in [7, 11) is 1.58. The largest absolute Gasteiger partial charge is 0.465 e. The minimum atomic E-state index is -4.49. The van der Waals surface area contributed by atoms with E-state index in [0.717, 1.165) is 6.07 Å². The molecule has 26 heavy (non-hydrogen) atoms. The highest BCUT2D eigenvalue weighted by Crippen LogP contribution is 2.36. The molecule has 0 aliphatic carbocycles. The lowest BCUT2D eigenvalue weighted by Crippen LogP contribution is -2.12. The maximum Gasteiger partial charge on any atom is 0.417 e. The number of pyridine rings is 1. The second kappa shape index (κ2) is 6.66. The SMILES string of the molecule is CC(Oc1ncccc1N)c1nnc(-c2ccccc2C(F)(F)F)n1C. The van der Waals surface area contributed by atoms with E-state index < -0.39 is 17.8 Å². The Kier molecular flexibility index (Phi) is 4.54. The van der Waals surface area contributed by atoms with Crippen LogP contribution in [0.25, 0.3) is 11.4 Å². The zero-order valence-corrected chi connectivity index (χ0v) is 14.0. The molecule has 1 unspecified atom stereocenters. The van der Waals surface area contributed by atoms with Gasteiger partial charge in [0.2, 0.25) is 5.88 Å². The molecule has 2 N–H and O–H groups in total. The Morgan fingerprint density at radius 1 is 1.12 bits per heavy atom. The summed E-state index contributed by atoms with van der Waals surface area (Å²) in [5, 5.41) is 7.92. The summed E-state index contributed by atoms with van der Waals surface area (Å²) >= 11 is 0. The van der Waals surface area contributed by atoms with Gasteiger partial charge in [-0.05, 0) is 25.1 Å². The van der Waals surface area contributed by atoms with Gasteiger partial charge in [-0.3, -0.25) is 0 Å². The molecule has 6 nitrogen and oxygen atoms in total. The van der Waals surface area contributed by atoms with Crippen molar-refractivity contribution in [2.45, 2.75) is 19.2 Å². The number of alkyl halides is 3. The smallest absolute Gasteiger partial charge is 0.417 e. The summed E-state index contributed by atoms with van der Waals surface area (Å²) < 4.78 is 46.9. The number of aromatic nitrogens is 4. The Morgan fingerprint density at radius 2 is 1.85 bits per heavy atom. The molecule has 3 aromatic rings. The molecule has 2 heterocycles. The summed E-state index contributed by atoms with van der Waals surface area (Å²) in [5.74, 6) is 0.666. The highest BCUT2D eigenvalue weighted by molar-refractivity contribution is 5.61. The van der Waals surface area contributed by atoms with Crippen LogP contribution in [0.1, 0.15) is 24.4 Å². The van der Waals surface area contributed by atoms with Gasteiger partial charge < -0.3 is 15.0 Å². The number of nitrogens with zero attached hydrogens (tertiary/aromatic N) is 4. The summed E-state index contributed by atoms with van der Waals surface area (Å²) in [6.07, 6.45) is -3.58. The predicted octanol–water partition coefficient (Wildman–Crippen LogP) is 3.62. The van der Waals surface area contributed by atoms with Crippen LogP contribution in [-0.4, -0.2) is 19.7 Å². The summed E-state index contributed by atoms with van der Waals surface area (Å²) in [6.45, 7) is 1.69. The summed E-state index contributed by atoms with van der Waals surface area (Å²) in [5.41, 5.74) is 5.32. The first-order chi connectivity index (χ1) is 12.3.